The number of thiazole rings is 1. The summed E-state index contributed by atoms with van der Waals surface area (Å²) in [5.41, 5.74) is -0.197. The number of halogens is 2. The fourth-order valence-corrected chi connectivity index (χ4v) is 2.20. The minimum atomic E-state index is -1.10. The van der Waals surface area contributed by atoms with Crippen LogP contribution in [0.15, 0.2) is 30.5 Å². The van der Waals surface area contributed by atoms with Crippen LogP contribution < -0.4 is 0 Å². The van der Waals surface area contributed by atoms with E-state index in [0.29, 0.717) is 4.88 Å². The first kappa shape index (κ1) is 12.4. The smallest absolute Gasteiger partial charge is 0.328 e. The summed E-state index contributed by atoms with van der Waals surface area (Å²) in [6.07, 6.45) is 3.63. The van der Waals surface area contributed by atoms with Crippen LogP contribution in [0.1, 0.15) is 4.88 Å². The summed E-state index contributed by atoms with van der Waals surface area (Å²) < 4.78 is 26.9. The van der Waals surface area contributed by atoms with Crippen LogP contribution in [-0.2, 0) is 4.79 Å². The predicted molar refractivity (Wildman–Crippen MR) is 64.1 cm³/mol. The van der Waals surface area contributed by atoms with Crippen LogP contribution in [0.4, 0.5) is 8.78 Å². The first-order valence-electron chi connectivity index (χ1n) is 4.89. The Morgan fingerprint density at radius 1 is 1.33 bits per heavy atom. The van der Waals surface area contributed by atoms with Gasteiger partial charge in [-0.15, -0.1) is 11.3 Å². The molecule has 1 aromatic heterocycles. The summed E-state index contributed by atoms with van der Waals surface area (Å²) >= 11 is 1.02. The second-order valence-electron chi connectivity index (χ2n) is 3.34. The van der Waals surface area contributed by atoms with E-state index in [-0.39, 0.29) is 10.6 Å². The summed E-state index contributed by atoms with van der Waals surface area (Å²) in [5.74, 6) is -2.49. The first-order valence-corrected chi connectivity index (χ1v) is 5.71. The zero-order valence-corrected chi connectivity index (χ0v) is 9.75. The third-order valence-electron chi connectivity index (χ3n) is 2.09. The normalized spacial score (nSPS) is 11.0. The zero-order chi connectivity index (χ0) is 13.1. The second kappa shape index (κ2) is 5.05. The highest BCUT2D eigenvalue weighted by atomic mass is 32.1. The Morgan fingerprint density at radius 3 is 2.61 bits per heavy atom. The minimum Gasteiger partial charge on any atom is -0.478 e. The van der Waals surface area contributed by atoms with Gasteiger partial charge in [0.2, 0.25) is 0 Å². The van der Waals surface area contributed by atoms with Gasteiger partial charge in [-0.05, 0) is 18.2 Å². The molecule has 2 rings (SSSR count). The fraction of sp³-hybridized carbons (Fsp3) is 0. The third kappa shape index (κ3) is 2.60. The van der Waals surface area contributed by atoms with Crippen LogP contribution in [0.3, 0.4) is 0 Å². The summed E-state index contributed by atoms with van der Waals surface area (Å²) in [5, 5.41) is 8.64. The van der Waals surface area contributed by atoms with Gasteiger partial charge in [0.1, 0.15) is 16.6 Å². The number of rotatable bonds is 3. The van der Waals surface area contributed by atoms with Crippen LogP contribution in [0.5, 0.6) is 0 Å². The van der Waals surface area contributed by atoms with Crippen molar-refractivity contribution in [2.45, 2.75) is 0 Å². The van der Waals surface area contributed by atoms with Gasteiger partial charge in [0.25, 0.3) is 0 Å². The number of nitrogens with zero attached hydrogens (tertiary/aromatic N) is 1. The standard InChI is InChI=1S/C12H7F2NO2S/c13-8-2-1-3-9(14)11(8)12-15-6-7(18-12)4-5-10(16)17/h1-6H,(H,16,17)/b5-4+. The SMILES string of the molecule is O=C(O)/C=C/c1cnc(-c2c(F)cccc2F)s1. The molecule has 0 atom stereocenters. The van der Waals surface area contributed by atoms with Crippen molar-refractivity contribution in [3.05, 3.63) is 47.0 Å². The maximum absolute atomic E-state index is 13.5. The number of benzene rings is 1. The molecule has 0 aliphatic carbocycles. The van der Waals surface area contributed by atoms with E-state index in [0.717, 1.165) is 29.5 Å². The van der Waals surface area contributed by atoms with Crippen molar-refractivity contribution >= 4 is 23.4 Å². The molecule has 1 aromatic carbocycles. The van der Waals surface area contributed by atoms with Crippen LogP contribution in [0.2, 0.25) is 0 Å². The van der Waals surface area contributed by atoms with Crippen molar-refractivity contribution in [2.24, 2.45) is 0 Å². The molecule has 0 saturated carbocycles. The number of carboxylic acids is 1. The van der Waals surface area contributed by atoms with Crippen LogP contribution >= 0.6 is 11.3 Å². The van der Waals surface area contributed by atoms with Crippen molar-refractivity contribution in [2.75, 3.05) is 0 Å². The van der Waals surface area contributed by atoms with Gasteiger partial charge in [-0.25, -0.2) is 18.6 Å². The highest BCUT2D eigenvalue weighted by molar-refractivity contribution is 7.15. The Bertz CT molecular complexity index is 602. The molecule has 0 saturated heterocycles. The molecule has 2 aromatic rings. The Morgan fingerprint density at radius 2 is 2.00 bits per heavy atom. The van der Waals surface area contributed by atoms with Gasteiger partial charge in [-0.3, -0.25) is 0 Å². The number of hydrogen-bond acceptors (Lipinski definition) is 3. The molecule has 0 bridgehead atoms. The van der Waals surface area contributed by atoms with Crippen molar-refractivity contribution in [3.63, 3.8) is 0 Å². The molecular weight excluding hydrogens is 260 g/mol. The lowest BCUT2D eigenvalue weighted by Gasteiger charge is -1.99. The van der Waals surface area contributed by atoms with Gasteiger partial charge in [-0.2, -0.15) is 0 Å². The lowest BCUT2D eigenvalue weighted by molar-refractivity contribution is -0.131. The highest BCUT2D eigenvalue weighted by Crippen LogP contribution is 2.30. The molecule has 0 spiro atoms. The van der Waals surface area contributed by atoms with Gasteiger partial charge in [0, 0.05) is 17.2 Å². The van der Waals surface area contributed by atoms with Crippen molar-refractivity contribution in [3.8, 4) is 10.6 Å². The molecule has 0 radical (unpaired) electrons. The molecule has 6 heteroatoms. The van der Waals surface area contributed by atoms with E-state index in [4.69, 9.17) is 5.11 Å². The summed E-state index contributed by atoms with van der Waals surface area (Å²) in [4.78, 5) is 14.7. The lowest BCUT2D eigenvalue weighted by Crippen LogP contribution is -1.87. The minimum absolute atomic E-state index is 0.177. The van der Waals surface area contributed by atoms with E-state index in [1.807, 2.05) is 0 Å². The number of hydrogen-bond donors (Lipinski definition) is 1. The van der Waals surface area contributed by atoms with E-state index in [1.165, 1.54) is 18.3 Å². The Balaban J connectivity index is 2.38. The number of aromatic nitrogens is 1. The summed E-state index contributed by atoms with van der Waals surface area (Å²) in [6.45, 7) is 0. The fourth-order valence-electron chi connectivity index (χ4n) is 1.33. The van der Waals surface area contributed by atoms with E-state index in [9.17, 15) is 13.6 Å². The molecular formula is C12H7F2NO2S. The Hall–Kier alpha value is -2.08. The van der Waals surface area contributed by atoms with Gasteiger partial charge in [0.15, 0.2) is 0 Å². The maximum atomic E-state index is 13.5. The maximum Gasteiger partial charge on any atom is 0.328 e. The molecule has 0 amide bonds. The van der Waals surface area contributed by atoms with E-state index in [2.05, 4.69) is 4.98 Å². The van der Waals surface area contributed by atoms with Gasteiger partial charge < -0.3 is 5.11 Å². The number of carboxylic acid groups (broad SMARTS) is 1. The molecule has 0 aliphatic heterocycles. The average Bonchev–Trinajstić information content (AvgIpc) is 2.75. The van der Waals surface area contributed by atoms with E-state index < -0.39 is 17.6 Å². The lowest BCUT2D eigenvalue weighted by atomic mass is 10.2. The molecule has 92 valence electrons. The largest absolute Gasteiger partial charge is 0.478 e. The average molecular weight is 267 g/mol. The summed E-state index contributed by atoms with van der Waals surface area (Å²) in [6, 6.07) is 3.56. The zero-order valence-electron chi connectivity index (χ0n) is 8.93. The highest BCUT2D eigenvalue weighted by Gasteiger charge is 2.14. The Kier molecular flexibility index (Phi) is 3.47. The van der Waals surface area contributed by atoms with Crippen molar-refractivity contribution < 1.29 is 18.7 Å². The van der Waals surface area contributed by atoms with Crippen LogP contribution in [0.25, 0.3) is 16.6 Å². The predicted octanol–water partition coefficient (Wildman–Crippen LogP) is 3.19. The first-order chi connectivity index (χ1) is 8.58. The van der Waals surface area contributed by atoms with E-state index in [1.54, 1.807) is 0 Å². The Labute approximate surface area is 105 Å². The van der Waals surface area contributed by atoms with E-state index >= 15 is 0 Å². The second-order valence-corrected chi connectivity index (χ2v) is 4.40. The molecule has 1 heterocycles. The van der Waals surface area contributed by atoms with Gasteiger partial charge in [0.05, 0.1) is 5.56 Å². The number of aliphatic carboxylic acids is 1. The van der Waals surface area contributed by atoms with Gasteiger partial charge >= 0.3 is 5.97 Å². The quantitative estimate of drug-likeness (QED) is 0.869. The number of carbonyl (C=O) groups is 1. The van der Waals surface area contributed by atoms with Crippen molar-refractivity contribution in [1.82, 2.24) is 4.98 Å². The monoisotopic (exact) mass is 267 g/mol. The molecule has 0 fully saturated rings. The molecule has 0 aliphatic rings. The molecule has 3 nitrogen and oxygen atoms in total. The summed E-state index contributed by atoms with van der Waals surface area (Å²) in [7, 11) is 0. The third-order valence-corrected chi connectivity index (χ3v) is 3.07. The van der Waals surface area contributed by atoms with Crippen LogP contribution in [-0.4, -0.2) is 16.1 Å². The van der Waals surface area contributed by atoms with Crippen LogP contribution in [0, 0.1) is 11.6 Å². The topological polar surface area (TPSA) is 50.2 Å². The molecule has 0 unspecified atom stereocenters. The van der Waals surface area contributed by atoms with Crippen molar-refractivity contribution in [1.29, 1.82) is 0 Å². The molecule has 1 N–H and O–H groups in total. The molecule has 18 heavy (non-hydrogen) atoms. The van der Waals surface area contributed by atoms with Gasteiger partial charge in [-0.1, -0.05) is 6.07 Å².